The highest BCUT2D eigenvalue weighted by Crippen LogP contribution is 2.44. The van der Waals surface area contributed by atoms with Gasteiger partial charge in [-0.25, -0.2) is 9.59 Å². The van der Waals surface area contributed by atoms with Crippen molar-refractivity contribution in [3.8, 4) is 11.5 Å². The van der Waals surface area contributed by atoms with Crippen LogP contribution in [0.4, 0.5) is 9.59 Å². The third-order valence-electron chi connectivity index (χ3n) is 6.04. The van der Waals surface area contributed by atoms with Gasteiger partial charge >= 0.3 is 12.3 Å². The van der Waals surface area contributed by atoms with E-state index in [9.17, 15) is 9.59 Å². The number of fused-ring (bicyclic) bond motifs is 2. The zero-order chi connectivity index (χ0) is 27.2. The van der Waals surface area contributed by atoms with Gasteiger partial charge in [0.1, 0.15) is 5.75 Å². The van der Waals surface area contributed by atoms with Crippen molar-refractivity contribution in [2.75, 3.05) is 13.2 Å². The predicted molar refractivity (Wildman–Crippen MR) is 152 cm³/mol. The molecule has 6 nitrogen and oxygen atoms in total. The highest BCUT2D eigenvalue weighted by molar-refractivity contribution is 6.13. The molecule has 0 N–H and O–H groups in total. The zero-order valence-electron chi connectivity index (χ0n) is 22.7. The topological polar surface area (TPSA) is 71.1 Å². The Labute approximate surface area is 225 Å². The van der Waals surface area contributed by atoms with Crippen molar-refractivity contribution < 1.29 is 28.5 Å². The van der Waals surface area contributed by atoms with E-state index in [4.69, 9.17) is 18.9 Å². The van der Waals surface area contributed by atoms with E-state index in [1.54, 1.807) is 0 Å². The van der Waals surface area contributed by atoms with Gasteiger partial charge in [0.05, 0.1) is 13.2 Å². The van der Waals surface area contributed by atoms with Gasteiger partial charge in [-0.3, -0.25) is 0 Å². The minimum absolute atomic E-state index is 0.232. The maximum atomic E-state index is 12.7. The molecule has 0 saturated carbocycles. The van der Waals surface area contributed by atoms with Gasteiger partial charge in [0.25, 0.3) is 0 Å². The van der Waals surface area contributed by atoms with E-state index in [0.29, 0.717) is 52.3 Å². The lowest BCUT2D eigenvalue weighted by molar-refractivity contribution is 0.0999. The Balaban J connectivity index is 1.90. The third kappa shape index (κ3) is 7.85. The van der Waals surface area contributed by atoms with E-state index in [-0.39, 0.29) is 13.2 Å². The summed E-state index contributed by atoms with van der Waals surface area (Å²) >= 11 is 0. The zero-order valence-corrected chi connectivity index (χ0v) is 22.7. The molecular formula is C32H38O6. The first-order valence-electron chi connectivity index (χ1n) is 13.6. The Bertz CT molecular complexity index is 1270. The fourth-order valence-corrected chi connectivity index (χ4v) is 4.18. The second kappa shape index (κ2) is 15.5. The van der Waals surface area contributed by atoms with E-state index in [1.165, 1.54) is 0 Å². The molecule has 0 amide bonds. The maximum absolute atomic E-state index is 12.7. The van der Waals surface area contributed by atoms with Gasteiger partial charge in [0.2, 0.25) is 0 Å². The molecule has 0 aliphatic carbocycles. The van der Waals surface area contributed by atoms with Crippen LogP contribution in [0.2, 0.25) is 0 Å². The lowest BCUT2D eigenvalue weighted by atomic mass is 9.96. The van der Waals surface area contributed by atoms with Crippen LogP contribution in [-0.4, -0.2) is 25.5 Å². The lowest BCUT2D eigenvalue weighted by Crippen LogP contribution is -2.14. The third-order valence-corrected chi connectivity index (χ3v) is 6.04. The first-order valence-corrected chi connectivity index (χ1v) is 13.6. The SMILES string of the molecule is CCC/C=C/CCOC(=O)Oc1c2ccccc2c(OC(=O)OCC/C=C/CCC)c2c(CC)cccc12. The Morgan fingerprint density at radius 1 is 0.632 bits per heavy atom. The van der Waals surface area contributed by atoms with Crippen LogP contribution in [0.15, 0.2) is 66.8 Å². The summed E-state index contributed by atoms with van der Waals surface area (Å²) in [7, 11) is 0. The fourth-order valence-electron chi connectivity index (χ4n) is 4.18. The standard InChI is InChI=1S/C32H38O6/c1-4-7-9-11-15-22-35-31(33)37-29-25-19-13-14-20-26(25)30(28-24(6-3)18-17-21-27(28)29)38-32(34)36-23-16-12-10-8-5-2/h9-14,17-21H,4-8,15-16,22-23H2,1-3H3/b11-9+,12-10+. The monoisotopic (exact) mass is 518 g/mol. The van der Waals surface area contributed by atoms with Gasteiger partial charge in [-0.05, 0) is 37.7 Å². The maximum Gasteiger partial charge on any atom is 0.513 e. The molecule has 0 aliphatic heterocycles. The number of hydrogen-bond acceptors (Lipinski definition) is 6. The number of carbonyl (C=O) groups excluding carboxylic acids is 2. The summed E-state index contributed by atoms with van der Waals surface area (Å²) < 4.78 is 22.3. The number of rotatable bonds is 13. The molecule has 6 heteroatoms. The number of benzene rings is 3. The molecule has 0 atom stereocenters. The molecule has 0 spiro atoms. The Morgan fingerprint density at radius 3 is 1.68 bits per heavy atom. The average molecular weight is 519 g/mol. The van der Waals surface area contributed by atoms with Crippen LogP contribution in [0.1, 0.15) is 64.9 Å². The minimum atomic E-state index is -0.772. The highest BCUT2D eigenvalue weighted by Gasteiger charge is 2.22. The molecule has 0 saturated heterocycles. The molecule has 0 heterocycles. The Morgan fingerprint density at radius 2 is 1.13 bits per heavy atom. The number of ether oxygens (including phenoxy) is 4. The van der Waals surface area contributed by atoms with Crippen LogP contribution in [0, 0.1) is 0 Å². The van der Waals surface area contributed by atoms with Crippen molar-refractivity contribution in [1.29, 1.82) is 0 Å². The van der Waals surface area contributed by atoms with E-state index >= 15 is 0 Å². The van der Waals surface area contributed by atoms with Crippen molar-refractivity contribution in [2.45, 2.75) is 65.7 Å². The van der Waals surface area contributed by atoms with Crippen LogP contribution >= 0.6 is 0 Å². The van der Waals surface area contributed by atoms with Gasteiger partial charge < -0.3 is 18.9 Å². The van der Waals surface area contributed by atoms with Crippen molar-refractivity contribution >= 4 is 33.9 Å². The molecule has 0 unspecified atom stereocenters. The molecule has 38 heavy (non-hydrogen) atoms. The second-order valence-corrected chi connectivity index (χ2v) is 8.90. The van der Waals surface area contributed by atoms with Crippen molar-refractivity contribution in [2.24, 2.45) is 0 Å². The predicted octanol–water partition coefficient (Wildman–Crippen LogP) is 9.08. The number of allylic oxidation sites excluding steroid dienone is 2. The Hall–Kier alpha value is -3.80. The first kappa shape index (κ1) is 28.8. The van der Waals surface area contributed by atoms with Crippen LogP contribution in [0.5, 0.6) is 11.5 Å². The summed E-state index contributed by atoms with van der Waals surface area (Å²) in [5, 5.41) is 2.65. The lowest BCUT2D eigenvalue weighted by Gasteiger charge is -2.18. The first-order chi connectivity index (χ1) is 18.6. The molecule has 3 aromatic carbocycles. The van der Waals surface area contributed by atoms with Gasteiger partial charge in [-0.2, -0.15) is 0 Å². The molecule has 202 valence electrons. The second-order valence-electron chi connectivity index (χ2n) is 8.90. The van der Waals surface area contributed by atoms with Gasteiger partial charge in [0, 0.05) is 21.5 Å². The highest BCUT2D eigenvalue weighted by atomic mass is 16.7. The van der Waals surface area contributed by atoms with Gasteiger partial charge in [0.15, 0.2) is 5.75 Å². The van der Waals surface area contributed by atoms with Crippen molar-refractivity contribution in [1.82, 2.24) is 0 Å². The number of aryl methyl sites for hydroxylation is 1. The minimum Gasteiger partial charge on any atom is -0.434 e. The number of unbranched alkanes of at least 4 members (excludes halogenated alkanes) is 2. The number of carbonyl (C=O) groups is 2. The summed E-state index contributed by atoms with van der Waals surface area (Å²) in [4.78, 5) is 25.3. The number of hydrogen-bond donors (Lipinski definition) is 0. The molecule has 0 radical (unpaired) electrons. The van der Waals surface area contributed by atoms with E-state index in [0.717, 1.165) is 31.2 Å². The Kier molecular flexibility index (Phi) is 11.7. The van der Waals surface area contributed by atoms with Crippen LogP contribution in [0.25, 0.3) is 21.5 Å². The van der Waals surface area contributed by atoms with Crippen LogP contribution < -0.4 is 9.47 Å². The summed E-state index contributed by atoms with van der Waals surface area (Å²) in [5.74, 6) is 0.764. The summed E-state index contributed by atoms with van der Waals surface area (Å²) in [6.07, 6.45) is 12.7. The molecule has 3 rings (SSSR count). The summed E-state index contributed by atoms with van der Waals surface area (Å²) in [6.45, 7) is 6.72. The molecule has 0 aliphatic rings. The van der Waals surface area contributed by atoms with E-state index < -0.39 is 12.3 Å². The van der Waals surface area contributed by atoms with Crippen LogP contribution in [-0.2, 0) is 15.9 Å². The smallest absolute Gasteiger partial charge is 0.434 e. The quantitative estimate of drug-likeness (QED) is 0.0739. The van der Waals surface area contributed by atoms with Gasteiger partial charge in [-0.1, -0.05) is 100 Å². The van der Waals surface area contributed by atoms with Crippen molar-refractivity contribution in [3.63, 3.8) is 0 Å². The normalized spacial score (nSPS) is 11.4. The molecular weight excluding hydrogens is 480 g/mol. The summed E-state index contributed by atoms with van der Waals surface area (Å²) in [6, 6.07) is 13.1. The largest absolute Gasteiger partial charge is 0.513 e. The average Bonchev–Trinajstić information content (AvgIpc) is 2.93. The van der Waals surface area contributed by atoms with Crippen molar-refractivity contribution in [3.05, 3.63) is 72.3 Å². The molecule has 0 aromatic heterocycles. The summed E-state index contributed by atoms with van der Waals surface area (Å²) in [5.41, 5.74) is 0.956. The molecule has 0 bridgehead atoms. The molecule has 3 aromatic rings. The van der Waals surface area contributed by atoms with Gasteiger partial charge in [-0.15, -0.1) is 0 Å². The van der Waals surface area contributed by atoms with Crippen LogP contribution in [0.3, 0.4) is 0 Å². The van der Waals surface area contributed by atoms with E-state index in [1.807, 2.05) is 61.5 Å². The van der Waals surface area contributed by atoms with E-state index in [2.05, 4.69) is 26.0 Å². The fraction of sp³-hybridized carbons (Fsp3) is 0.375. The molecule has 0 fully saturated rings.